The molecule has 0 bridgehead atoms. The van der Waals surface area contributed by atoms with Crippen molar-refractivity contribution < 1.29 is 30.0 Å². The van der Waals surface area contributed by atoms with Crippen molar-refractivity contribution in [2.75, 3.05) is 0 Å². The van der Waals surface area contributed by atoms with Crippen LogP contribution in [0.4, 0.5) is 9.59 Å². The summed E-state index contributed by atoms with van der Waals surface area (Å²) in [6.45, 7) is 0. The number of carboxylic acid groups (broad SMARTS) is 4. The van der Waals surface area contributed by atoms with E-state index in [2.05, 4.69) is 0 Å². The standard InChI is InChI=1S/2CH2O3.Al.Mg/c2*2-1(3)4;;/h2*(H2,2,3,4);;/q;;+3;+2/p-4. The van der Waals surface area contributed by atoms with Gasteiger partial charge in [0, 0.05) is 0 Å². The number of hydrogen-bond donors (Lipinski definition) is 0. The minimum Gasteiger partial charge on any atom is -0.652 e. The van der Waals surface area contributed by atoms with Gasteiger partial charge in [0.1, 0.15) is 0 Å². The van der Waals surface area contributed by atoms with Gasteiger partial charge in [-0.25, -0.2) is 0 Å². The molecule has 0 radical (unpaired) electrons. The maximum absolute atomic E-state index is 8.33. The molecule has 0 aliphatic carbocycles. The van der Waals surface area contributed by atoms with Crippen LogP contribution in [0.25, 0.3) is 0 Å². The van der Waals surface area contributed by atoms with Gasteiger partial charge in [0.15, 0.2) is 0 Å². The fourth-order valence-electron chi connectivity index (χ4n) is 0. The summed E-state index contributed by atoms with van der Waals surface area (Å²) >= 11 is 0. The fraction of sp³-hybridized carbons (Fsp3) is 0. The minimum absolute atomic E-state index is 0. The molecule has 0 spiro atoms. The number of carbonyl (C=O) groups excluding carboxylic acids is 2. The fourth-order valence-corrected chi connectivity index (χ4v) is 0. The topological polar surface area (TPSA) is 126 Å². The molecule has 6 nitrogen and oxygen atoms in total. The van der Waals surface area contributed by atoms with Crippen LogP contribution in [-0.2, 0) is 0 Å². The summed E-state index contributed by atoms with van der Waals surface area (Å²) in [4.78, 5) is 16.7. The first-order valence-corrected chi connectivity index (χ1v) is 1.22. The molecule has 0 saturated heterocycles. The molecule has 0 saturated carbocycles. The molecule has 0 aromatic rings. The Morgan fingerprint density at radius 2 is 0.800 bits per heavy atom. The van der Waals surface area contributed by atoms with Gasteiger partial charge in [0.2, 0.25) is 0 Å². The van der Waals surface area contributed by atoms with Crippen molar-refractivity contribution in [3.63, 3.8) is 0 Å². The Hall–Kier alpha value is -0.161. The zero-order chi connectivity index (χ0) is 7.15. The second-order valence-electron chi connectivity index (χ2n) is 0.500. The quantitative estimate of drug-likeness (QED) is 0.334. The van der Waals surface area contributed by atoms with Gasteiger partial charge < -0.3 is 30.0 Å². The zero-order valence-electron chi connectivity index (χ0n) is 4.73. The molecule has 10 heavy (non-hydrogen) atoms. The third-order valence-electron chi connectivity index (χ3n) is 0. The molecule has 0 N–H and O–H groups in total. The molecule has 0 aliphatic rings. The molecule has 48 valence electrons. The Labute approximate surface area is 82.8 Å². The van der Waals surface area contributed by atoms with E-state index in [1.54, 1.807) is 0 Å². The SMILES string of the molecule is O=C([O-])[O-].O=C([O-])[O-].[Al+3].[Mg+2]. The van der Waals surface area contributed by atoms with E-state index in [1.807, 2.05) is 0 Å². The maximum Gasteiger partial charge on any atom is 3.00 e. The van der Waals surface area contributed by atoms with Gasteiger partial charge in [-0.15, -0.1) is 0 Å². The first-order valence-electron chi connectivity index (χ1n) is 1.22. The van der Waals surface area contributed by atoms with E-state index in [0.29, 0.717) is 0 Å². The van der Waals surface area contributed by atoms with E-state index in [1.165, 1.54) is 0 Å². The van der Waals surface area contributed by atoms with Crippen LogP contribution >= 0.6 is 0 Å². The van der Waals surface area contributed by atoms with Crippen molar-refractivity contribution in [1.82, 2.24) is 0 Å². The number of carbonyl (C=O) groups is 2. The smallest absolute Gasteiger partial charge is 0.652 e. The molecule has 0 atom stereocenters. The molecule has 0 rings (SSSR count). The monoisotopic (exact) mass is 171 g/mol. The van der Waals surface area contributed by atoms with E-state index in [9.17, 15) is 0 Å². The normalized spacial score (nSPS) is 4.80. The third-order valence-corrected chi connectivity index (χ3v) is 0. The summed E-state index contributed by atoms with van der Waals surface area (Å²) in [7, 11) is 0. The molecule has 0 amide bonds. The summed E-state index contributed by atoms with van der Waals surface area (Å²) in [5, 5.41) is 33.3. The van der Waals surface area contributed by atoms with Gasteiger partial charge >= 0.3 is 40.4 Å². The number of hydrogen-bond acceptors (Lipinski definition) is 6. The predicted octanol–water partition coefficient (Wildman–Crippen LogP) is -5.66. The average molecular weight is 171 g/mol. The van der Waals surface area contributed by atoms with E-state index < -0.39 is 12.3 Å². The third kappa shape index (κ3) is 14100. The first kappa shape index (κ1) is 22.5. The van der Waals surface area contributed by atoms with Crippen molar-refractivity contribution in [1.29, 1.82) is 0 Å². The summed E-state index contributed by atoms with van der Waals surface area (Å²) in [6, 6.07) is 0. The van der Waals surface area contributed by atoms with Crippen LogP contribution in [0, 0.1) is 0 Å². The van der Waals surface area contributed by atoms with Crippen molar-refractivity contribution in [3.05, 3.63) is 0 Å². The molecule has 0 fully saturated rings. The minimum atomic E-state index is -2.33. The van der Waals surface area contributed by atoms with Gasteiger partial charge in [-0.1, -0.05) is 0 Å². The van der Waals surface area contributed by atoms with Gasteiger partial charge in [0.25, 0.3) is 0 Å². The second kappa shape index (κ2) is 15.9. The molecular formula is C2AlMgO6+. The van der Waals surface area contributed by atoms with Crippen LogP contribution in [0.5, 0.6) is 0 Å². The Morgan fingerprint density at radius 3 is 0.800 bits per heavy atom. The largest absolute Gasteiger partial charge is 3.00 e. The van der Waals surface area contributed by atoms with Gasteiger partial charge in [-0.05, 0) is 12.3 Å². The van der Waals surface area contributed by atoms with E-state index in [-0.39, 0.29) is 40.4 Å². The maximum atomic E-state index is 8.33. The van der Waals surface area contributed by atoms with Crippen LogP contribution in [0.1, 0.15) is 0 Å². The van der Waals surface area contributed by atoms with Crippen LogP contribution < -0.4 is 20.4 Å². The Kier molecular flexibility index (Phi) is 35.9. The molecule has 0 aliphatic heterocycles. The van der Waals surface area contributed by atoms with E-state index >= 15 is 0 Å². The summed E-state index contributed by atoms with van der Waals surface area (Å²) in [6.07, 6.45) is -4.67. The molecular weight excluding hydrogens is 171 g/mol. The Morgan fingerprint density at radius 1 is 0.800 bits per heavy atom. The molecule has 0 unspecified atom stereocenters. The van der Waals surface area contributed by atoms with Crippen LogP contribution in [0.2, 0.25) is 0 Å². The summed E-state index contributed by atoms with van der Waals surface area (Å²) in [5.41, 5.74) is 0. The van der Waals surface area contributed by atoms with Crippen molar-refractivity contribution in [2.45, 2.75) is 0 Å². The predicted molar refractivity (Wildman–Crippen MR) is 22.3 cm³/mol. The average Bonchev–Trinajstić information content (AvgIpc) is 1.25. The Bertz CT molecular complexity index is 73.7. The van der Waals surface area contributed by atoms with E-state index in [0.717, 1.165) is 0 Å². The second-order valence-corrected chi connectivity index (χ2v) is 0.500. The van der Waals surface area contributed by atoms with Gasteiger partial charge in [-0.2, -0.15) is 0 Å². The Balaban J connectivity index is -0.0000000300. The molecule has 0 heterocycles. The zero-order valence-corrected chi connectivity index (χ0v) is 7.30. The van der Waals surface area contributed by atoms with Crippen molar-refractivity contribution in [2.24, 2.45) is 0 Å². The van der Waals surface area contributed by atoms with Crippen LogP contribution in [-0.4, -0.2) is 52.7 Å². The van der Waals surface area contributed by atoms with Crippen LogP contribution in [0.3, 0.4) is 0 Å². The summed E-state index contributed by atoms with van der Waals surface area (Å²) in [5.74, 6) is 0. The van der Waals surface area contributed by atoms with Gasteiger partial charge in [0.05, 0.1) is 0 Å². The van der Waals surface area contributed by atoms with Crippen molar-refractivity contribution in [3.8, 4) is 0 Å². The first-order chi connectivity index (χ1) is 3.46. The van der Waals surface area contributed by atoms with Crippen molar-refractivity contribution >= 4 is 52.7 Å². The van der Waals surface area contributed by atoms with E-state index in [4.69, 9.17) is 30.0 Å². The van der Waals surface area contributed by atoms with Gasteiger partial charge in [-0.3, -0.25) is 0 Å². The molecule has 8 heteroatoms. The molecule has 0 aromatic carbocycles. The summed E-state index contributed by atoms with van der Waals surface area (Å²) < 4.78 is 0. The van der Waals surface area contributed by atoms with Crippen LogP contribution in [0.15, 0.2) is 0 Å². The molecule has 0 aromatic heterocycles. The number of rotatable bonds is 0.